The summed E-state index contributed by atoms with van der Waals surface area (Å²) in [6.45, 7) is 3.35. The van der Waals surface area contributed by atoms with Crippen LogP contribution >= 0.6 is 0 Å². The molecule has 5 nitrogen and oxygen atoms in total. The zero-order chi connectivity index (χ0) is 12.0. The van der Waals surface area contributed by atoms with E-state index in [2.05, 4.69) is 11.2 Å². The van der Waals surface area contributed by atoms with E-state index in [1.54, 1.807) is 13.8 Å². The Labute approximate surface area is 89.4 Å². The van der Waals surface area contributed by atoms with Crippen molar-refractivity contribution in [3.63, 3.8) is 0 Å². The summed E-state index contributed by atoms with van der Waals surface area (Å²) in [4.78, 5) is 23.4. The third-order valence-corrected chi connectivity index (χ3v) is 2.05. The van der Waals surface area contributed by atoms with Gasteiger partial charge in [0.15, 0.2) is 0 Å². The van der Waals surface area contributed by atoms with E-state index in [1.165, 1.54) is 7.05 Å². The molecule has 2 amide bonds. The van der Waals surface area contributed by atoms with Gasteiger partial charge in [-0.1, -0.05) is 12.8 Å². The molecular formula is C10H16N2O3. The Morgan fingerprint density at radius 1 is 1.60 bits per heavy atom. The number of hydrogen-bond donors (Lipinski definition) is 2. The molecule has 2 N–H and O–H groups in total. The molecule has 2 unspecified atom stereocenters. The first-order valence-corrected chi connectivity index (χ1v) is 4.66. The maximum absolute atomic E-state index is 11.5. The molecule has 0 saturated heterocycles. The zero-order valence-corrected chi connectivity index (χ0v) is 9.15. The van der Waals surface area contributed by atoms with Crippen molar-refractivity contribution in [1.82, 2.24) is 10.2 Å². The summed E-state index contributed by atoms with van der Waals surface area (Å²) in [5.74, 6) is 1.31. The number of carboxylic acid groups (broad SMARTS) is 1. The lowest BCUT2D eigenvalue weighted by molar-refractivity contribution is -0.141. The van der Waals surface area contributed by atoms with E-state index in [4.69, 9.17) is 11.5 Å². The lowest BCUT2D eigenvalue weighted by Crippen LogP contribution is -2.48. The Balaban J connectivity index is 4.43. The number of hydrogen-bond acceptors (Lipinski definition) is 2. The van der Waals surface area contributed by atoms with E-state index >= 15 is 0 Å². The predicted octanol–water partition coefficient (Wildman–Crippen LogP) is 0.513. The number of rotatable bonds is 4. The number of aliphatic carboxylic acids is 1. The number of amides is 2. The zero-order valence-electron chi connectivity index (χ0n) is 9.15. The summed E-state index contributed by atoms with van der Waals surface area (Å²) in [5, 5.41) is 11.3. The van der Waals surface area contributed by atoms with Gasteiger partial charge in [0.05, 0.1) is 6.04 Å². The van der Waals surface area contributed by atoms with Crippen molar-refractivity contribution in [3.8, 4) is 12.3 Å². The van der Waals surface area contributed by atoms with E-state index in [1.807, 2.05) is 0 Å². The van der Waals surface area contributed by atoms with Crippen LogP contribution in [0.15, 0.2) is 0 Å². The third kappa shape index (κ3) is 3.90. The first kappa shape index (κ1) is 13.3. The average Bonchev–Trinajstić information content (AvgIpc) is 2.17. The minimum absolute atomic E-state index is 0.351. The van der Waals surface area contributed by atoms with E-state index in [0.29, 0.717) is 6.42 Å². The fraction of sp³-hybridized carbons (Fsp3) is 0.600. The maximum Gasteiger partial charge on any atom is 0.326 e. The highest BCUT2D eigenvalue weighted by atomic mass is 16.4. The highest BCUT2D eigenvalue weighted by molar-refractivity contribution is 5.82. The molecule has 5 heteroatoms. The summed E-state index contributed by atoms with van der Waals surface area (Å²) in [5.41, 5.74) is 0. The van der Waals surface area contributed by atoms with E-state index in [-0.39, 0.29) is 0 Å². The molecule has 0 aromatic carbocycles. The minimum Gasteiger partial charge on any atom is -0.480 e. The van der Waals surface area contributed by atoms with Crippen LogP contribution in [0.2, 0.25) is 0 Å². The Morgan fingerprint density at radius 3 is 2.47 bits per heavy atom. The quantitative estimate of drug-likeness (QED) is 0.667. The molecule has 0 bridgehead atoms. The number of nitrogens with one attached hydrogen (secondary N) is 1. The number of urea groups is 1. The Bertz CT molecular complexity index is 283. The molecule has 0 radical (unpaired) electrons. The van der Waals surface area contributed by atoms with Gasteiger partial charge >= 0.3 is 12.0 Å². The van der Waals surface area contributed by atoms with Crippen LogP contribution in [-0.4, -0.2) is 41.1 Å². The van der Waals surface area contributed by atoms with E-state index in [0.717, 1.165) is 4.90 Å². The van der Waals surface area contributed by atoms with Crippen molar-refractivity contribution < 1.29 is 14.7 Å². The van der Waals surface area contributed by atoms with Gasteiger partial charge in [-0.3, -0.25) is 0 Å². The third-order valence-electron chi connectivity index (χ3n) is 2.05. The van der Waals surface area contributed by atoms with E-state index in [9.17, 15) is 9.59 Å². The number of likely N-dealkylation sites (N-methyl/N-ethyl adjacent to an activating group) is 1. The van der Waals surface area contributed by atoms with Gasteiger partial charge in [-0.05, 0) is 13.3 Å². The summed E-state index contributed by atoms with van der Waals surface area (Å²) in [7, 11) is 1.43. The normalized spacial score (nSPS) is 13.5. The van der Waals surface area contributed by atoms with Crippen LogP contribution in [0.25, 0.3) is 0 Å². The van der Waals surface area contributed by atoms with E-state index < -0.39 is 24.1 Å². The summed E-state index contributed by atoms with van der Waals surface area (Å²) in [6.07, 6.45) is 5.44. The largest absolute Gasteiger partial charge is 0.480 e. The summed E-state index contributed by atoms with van der Waals surface area (Å²) in [6, 6.07) is -1.71. The van der Waals surface area contributed by atoms with Gasteiger partial charge in [0, 0.05) is 7.05 Å². The van der Waals surface area contributed by atoms with Gasteiger partial charge in [0.25, 0.3) is 0 Å². The van der Waals surface area contributed by atoms with Crippen LogP contribution in [0.3, 0.4) is 0 Å². The fourth-order valence-electron chi connectivity index (χ4n) is 1.08. The molecule has 2 atom stereocenters. The van der Waals surface area contributed by atoms with Gasteiger partial charge in [0.2, 0.25) is 0 Å². The average molecular weight is 212 g/mol. The molecule has 15 heavy (non-hydrogen) atoms. The lowest BCUT2D eigenvalue weighted by atomic mass is 10.2. The second-order valence-electron chi connectivity index (χ2n) is 3.21. The van der Waals surface area contributed by atoms with Crippen LogP contribution in [0.1, 0.15) is 20.3 Å². The van der Waals surface area contributed by atoms with Crippen molar-refractivity contribution >= 4 is 12.0 Å². The number of carboxylic acids is 1. The highest BCUT2D eigenvalue weighted by Crippen LogP contribution is 2.02. The number of nitrogens with zero attached hydrogens (tertiary/aromatic N) is 1. The lowest BCUT2D eigenvalue weighted by Gasteiger charge is -2.24. The fourth-order valence-corrected chi connectivity index (χ4v) is 1.08. The first-order valence-electron chi connectivity index (χ1n) is 4.66. The number of carbonyl (C=O) groups is 2. The molecule has 0 spiro atoms. The first-order chi connectivity index (χ1) is 6.93. The van der Waals surface area contributed by atoms with Crippen molar-refractivity contribution in [2.24, 2.45) is 0 Å². The molecule has 0 rings (SSSR count). The highest BCUT2D eigenvalue weighted by Gasteiger charge is 2.24. The molecule has 0 heterocycles. The van der Waals surface area contributed by atoms with Gasteiger partial charge in [0.1, 0.15) is 6.04 Å². The van der Waals surface area contributed by atoms with Gasteiger partial charge in [-0.25, -0.2) is 9.59 Å². The van der Waals surface area contributed by atoms with Gasteiger partial charge in [-0.15, -0.1) is 6.42 Å². The summed E-state index contributed by atoms with van der Waals surface area (Å²) < 4.78 is 0. The molecule has 0 aliphatic rings. The van der Waals surface area contributed by atoms with Gasteiger partial charge < -0.3 is 15.3 Å². The molecule has 0 fully saturated rings. The molecule has 84 valence electrons. The molecular weight excluding hydrogens is 196 g/mol. The number of carbonyl (C=O) groups excluding carboxylic acids is 1. The standard InChI is InChI=1S/C10H16N2O3/c1-5-7(3)11-10(15)12(4)8(6-2)9(13)14/h1,7-8H,6H2,2-4H3,(H,11,15)(H,13,14). The van der Waals surface area contributed by atoms with Crippen molar-refractivity contribution in [2.45, 2.75) is 32.4 Å². The Hall–Kier alpha value is -1.70. The SMILES string of the molecule is C#CC(C)NC(=O)N(C)C(CC)C(=O)O. The predicted molar refractivity (Wildman–Crippen MR) is 56.3 cm³/mol. The van der Waals surface area contributed by atoms with Crippen LogP contribution in [0, 0.1) is 12.3 Å². The van der Waals surface area contributed by atoms with Crippen LogP contribution in [0.5, 0.6) is 0 Å². The smallest absolute Gasteiger partial charge is 0.326 e. The molecule has 0 saturated carbocycles. The van der Waals surface area contributed by atoms with Crippen molar-refractivity contribution in [1.29, 1.82) is 0 Å². The minimum atomic E-state index is -1.02. The maximum atomic E-state index is 11.5. The Morgan fingerprint density at radius 2 is 2.13 bits per heavy atom. The Kier molecular flexibility index (Phi) is 5.24. The van der Waals surface area contributed by atoms with Gasteiger partial charge in [-0.2, -0.15) is 0 Å². The van der Waals surface area contributed by atoms with Crippen molar-refractivity contribution in [2.75, 3.05) is 7.05 Å². The number of terminal acetylenes is 1. The monoisotopic (exact) mass is 212 g/mol. The molecule has 0 aromatic rings. The van der Waals surface area contributed by atoms with Crippen molar-refractivity contribution in [3.05, 3.63) is 0 Å². The second-order valence-corrected chi connectivity index (χ2v) is 3.21. The second kappa shape index (κ2) is 5.91. The molecule has 0 aliphatic carbocycles. The van der Waals surface area contributed by atoms with Crippen LogP contribution in [-0.2, 0) is 4.79 Å². The summed E-state index contributed by atoms with van der Waals surface area (Å²) >= 11 is 0. The molecule has 0 aliphatic heterocycles. The van der Waals surface area contributed by atoms with Crippen LogP contribution in [0.4, 0.5) is 4.79 Å². The van der Waals surface area contributed by atoms with Crippen LogP contribution < -0.4 is 5.32 Å². The molecule has 0 aromatic heterocycles. The topological polar surface area (TPSA) is 69.6 Å².